The van der Waals surface area contributed by atoms with E-state index < -0.39 is 9.05 Å². The van der Waals surface area contributed by atoms with Crippen LogP contribution in [0.3, 0.4) is 0 Å². The molecule has 0 spiro atoms. The molecule has 1 aromatic heterocycles. The Balaban J connectivity index is 2.11. The second-order valence-electron chi connectivity index (χ2n) is 3.83. The topological polar surface area (TPSA) is 80.2 Å². The molecule has 2 rings (SSSR count). The second kappa shape index (κ2) is 4.58. The summed E-state index contributed by atoms with van der Waals surface area (Å²) in [6, 6.07) is 1.64. The first kappa shape index (κ1) is 12.3. The number of rotatable bonds is 3. The zero-order chi connectivity index (χ0) is 12.5. The zero-order valence-corrected chi connectivity index (χ0v) is 10.4. The molecule has 0 radical (unpaired) electrons. The molecule has 17 heavy (non-hydrogen) atoms. The van der Waals surface area contributed by atoms with Crippen molar-refractivity contribution in [3.05, 3.63) is 18.5 Å². The molecule has 0 bridgehead atoms. The molecule has 6 nitrogen and oxygen atoms in total. The maximum atomic E-state index is 11.7. The number of hydrogen-bond donors (Lipinski definition) is 0. The fraction of sp³-hybridized carbons (Fsp3) is 0.444. The van der Waals surface area contributed by atoms with E-state index in [2.05, 4.69) is 9.97 Å². The Bertz CT molecular complexity index is 520. The van der Waals surface area contributed by atoms with E-state index >= 15 is 0 Å². The van der Waals surface area contributed by atoms with E-state index in [0.717, 1.165) is 0 Å². The highest BCUT2D eigenvalue weighted by molar-refractivity contribution is 8.13. The van der Waals surface area contributed by atoms with Crippen molar-refractivity contribution >= 4 is 31.6 Å². The van der Waals surface area contributed by atoms with Gasteiger partial charge < -0.3 is 0 Å². The monoisotopic (exact) mass is 275 g/mol. The summed E-state index contributed by atoms with van der Waals surface area (Å²) >= 11 is 0. The number of carbonyl (C=O) groups excluding carboxylic acids is 1. The molecule has 1 saturated heterocycles. The largest absolute Gasteiger partial charge is 0.280 e. The van der Waals surface area contributed by atoms with E-state index in [1.54, 1.807) is 6.07 Å². The van der Waals surface area contributed by atoms with Gasteiger partial charge >= 0.3 is 0 Å². The van der Waals surface area contributed by atoms with Crippen molar-refractivity contribution in [3.63, 3.8) is 0 Å². The van der Waals surface area contributed by atoms with Gasteiger partial charge in [0.15, 0.2) is 0 Å². The number of halogens is 1. The lowest BCUT2D eigenvalue weighted by Crippen LogP contribution is -2.27. The van der Waals surface area contributed by atoms with E-state index in [0.29, 0.717) is 5.95 Å². The maximum Gasteiger partial charge on any atom is 0.232 e. The Kier molecular flexibility index (Phi) is 3.30. The minimum Gasteiger partial charge on any atom is -0.280 e. The molecule has 1 aromatic rings. The lowest BCUT2D eigenvalue weighted by molar-refractivity contribution is -0.117. The van der Waals surface area contributed by atoms with Crippen LogP contribution in [0.2, 0.25) is 0 Å². The van der Waals surface area contributed by atoms with Gasteiger partial charge in [-0.05, 0) is 6.07 Å². The number of aromatic nitrogens is 2. The van der Waals surface area contributed by atoms with Crippen molar-refractivity contribution in [2.45, 2.75) is 6.42 Å². The van der Waals surface area contributed by atoms with Gasteiger partial charge in [-0.3, -0.25) is 9.69 Å². The molecule has 8 heteroatoms. The minimum absolute atomic E-state index is 0.157. The number of nitrogens with zero attached hydrogens (tertiary/aromatic N) is 3. The number of amides is 1. The SMILES string of the molecule is O=C1CC(CS(=O)(=O)Cl)CN1c1ncccn1. The van der Waals surface area contributed by atoms with Gasteiger partial charge in [-0.15, -0.1) is 0 Å². The predicted molar refractivity (Wildman–Crippen MR) is 62.1 cm³/mol. The Morgan fingerprint density at radius 3 is 2.65 bits per heavy atom. The lowest BCUT2D eigenvalue weighted by Gasteiger charge is -2.13. The Morgan fingerprint density at radius 1 is 1.41 bits per heavy atom. The van der Waals surface area contributed by atoms with Crippen LogP contribution in [0.15, 0.2) is 18.5 Å². The van der Waals surface area contributed by atoms with Gasteiger partial charge in [0.1, 0.15) is 0 Å². The van der Waals surface area contributed by atoms with E-state index in [9.17, 15) is 13.2 Å². The van der Waals surface area contributed by atoms with Gasteiger partial charge in [-0.2, -0.15) is 0 Å². The first-order valence-electron chi connectivity index (χ1n) is 4.95. The zero-order valence-electron chi connectivity index (χ0n) is 8.78. The summed E-state index contributed by atoms with van der Waals surface area (Å²) in [6.07, 6.45) is 3.21. The third kappa shape index (κ3) is 3.13. The average Bonchev–Trinajstić information content (AvgIpc) is 2.58. The summed E-state index contributed by atoms with van der Waals surface area (Å²) in [5.41, 5.74) is 0. The van der Waals surface area contributed by atoms with Gasteiger partial charge in [0.2, 0.25) is 20.9 Å². The number of anilines is 1. The normalized spacial score (nSPS) is 20.9. The van der Waals surface area contributed by atoms with Crippen molar-refractivity contribution in [2.75, 3.05) is 17.2 Å². The molecule has 0 aliphatic carbocycles. The predicted octanol–water partition coefficient (Wildman–Crippen LogP) is 0.398. The number of hydrogen-bond acceptors (Lipinski definition) is 5. The van der Waals surface area contributed by atoms with Gasteiger partial charge in [0, 0.05) is 42.0 Å². The van der Waals surface area contributed by atoms with Gasteiger partial charge in [-0.1, -0.05) is 0 Å². The van der Waals surface area contributed by atoms with Crippen molar-refractivity contribution < 1.29 is 13.2 Å². The Hall–Kier alpha value is -1.21. The van der Waals surface area contributed by atoms with Crippen molar-refractivity contribution in [1.29, 1.82) is 0 Å². The molecule has 1 unspecified atom stereocenters. The van der Waals surface area contributed by atoms with Crippen LogP contribution in [0.1, 0.15) is 6.42 Å². The smallest absolute Gasteiger partial charge is 0.232 e. The first-order chi connectivity index (χ1) is 7.96. The second-order valence-corrected chi connectivity index (χ2v) is 6.65. The van der Waals surface area contributed by atoms with Crippen LogP contribution in [-0.4, -0.2) is 36.6 Å². The van der Waals surface area contributed by atoms with Crippen LogP contribution >= 0.6 is 10.7 Å². The summed E-state index contributed by atoms with van der Waals surface area (Å²) in [4.78, 5) is 21.0. The summed E-state index contributed by atoms with van der Waals surface area (Å²) in [5.74, 6) is -0.383. The van der Waals surface area contributed by atoms with E-state index in [4.69, 9.17) is 10.7 Å². The highest BCUT2D eigenvalue weighted by atomic mass is 35.7. The van der Waals surface area contributed by atoms with E-state index in [1.165, 1.54) is 17.3 Å². The molecule has 1 aliphatic heterocycles. The molecule has 1 aliphatic rings. The Labute approximate surface area is 103 Å². The molecule has 1 amide bonds. The molecule has 0 saturated carbocycles. The van der Waals surface area contributed by atoms with Crippen LogP contribution in [-0.2, 0) is 13.8 Å². The van der Waals surface area contributed by atoms with Crippen LogP contribution in [0, 0.1) is 5.92 Å². The summed E-state index contributed by atoms with van der Waals surface area (Å²) in [7, 11) is 1.58. The highest BCUT2D eigenvalue weighted by Gasteiger charge is 2.34. The summed E-state index contributed by atoms with van der Waals surface area (Å²) in [6.45, 7) is 0.287. The van der Waals surface area contributed by atoms with Crippen molar-refractivity contribution in [3.8, 4) is 0 Å². The van der Waals surface area contributed by atoms with Crippen molar-refractivity contribution in [1.82, 2.24) is 9.97 Å². The first-order valence-corrected chi connectivity index (χ1v) is 7.43. The molecule has 1 atom stereocenters. The maximum absolute atomic E-state index is 11.7. The lowest BCUT2D eigenvalue weighted by atomic mass is 10.1. The van der Waals surface area contributed by atoms with Crippen molar-refractivity contribution in [2.24, 2.45) is 5.92 Å². The standard InChI is InChI=1S/C9H10ClN3O3S/c10-17(15,16)6-7-4-8(14)13(5-7)9-11-2-1-3-12-9/h1-3,7H,4-6H2. The minimum atomic E-state index is -3.58. The Morgan fingerprint density at radius 2 is 2.06 bits per heavy atom. The molecule has 0 N–H and O–H groups in total. The third-order valence-electron chi connectivity index (χ3n) is 2.43. The van der Waals surface area contributed by atoms with Crippen LogP contribution < -0.4 is 4.90 Å². The molecular weight excluding hydrogens is 266 g/mol. The fourth-order valence-corrected chi connectivity index (χ4v) is 3.12. The van der Waals surface area contributed by atoms with E-state index in [1.807, 2.05) is 0 Å². The third-order valence-corrected chi connectivity index (χ3v) is 3.68. The highest BCUT2D eigenvalue weighted by Crippen LogP contribution is 2.23. The molecular formula is C9H10ClN3O3S. The van der Waals surface area contributed by atoms with Crippen LogP contribution in [0.5, 0.6) is 0 Å². The van der Waals surface area contributed by atoms with Crippen LogP contribution in [0.4, 0.5) is 5.95 Å². The molecule has 1 fully saturated rings. The molecule has 0 aromatic carbocycles. The molecule has 92 valence electrons. The summed E-state index contributed by atoms with van der Waals surface area (Å²) in [5, 5.41) is 0. The quantitative estimate of drug-likeness (QED) is 0.746. The van der Waals surface area contributed by atoms with Gasteiger partial charge in [0.25, 0.3) is 0 Å². The fourth-order valence-electron chi connectivity index (χ4n) is 1.80. The molecule has 2 heterocycles. The van der Waals surface area contributed by atoms with Crippen LogP contribution in [0.25, 0.3) is 0 Å². The van der Waals surface area contributed by atoms with E-state index in [-0.39, 0.29) is 30.5 Å². The summed E-state index contributed by atoms with van der Waals surface area (Å²) < 4.78 is 21.9. The number of carbonyl (C=O) groups is 1. The average molecular weight is 276 g/mol. The van der Waals surface area contributed by atoms with Gasteiger partial charge in [-0.25, -0.2) is 18.4 Å². The van der Waals surface area contributed by atoms with Gasteiger partial charge in [0.05, 0.1) is 5.75 Å².